The molecular formula is C39H41ClN6O6. The predicted molar refractivity (Wildman–Crippen MR) is 198 cm³/mol. The fourth-order valence-electron chi connectivity index (χ4n) is 7.36. The van der Waals surface area contributed by atoms with E-state index >= 15 is 0 Å². The number of aryl methyl sites for hydroxylation is 1. The largest absolute Gasteiger partial charge is 0.508 e. The highest BCUT2D eigenvalue weighted by atomic mass is 35.5. The number of hydrogen-bond acceptors (Lipinski definition) is 8. The van der Waals surface area contributed by atoms with Crippen LogP contribution >= 0.6 is 12.4 Å². The number of aromatic nitrogens is 3. The molecule has 0 aliphatic carbocycles. The molecule has 2 aromatic heterocycles. The molecule has 3 aliphatic rings. The maximum absolute atomic E-state index is 15.0. The Morgan fingerprint density at radius 1 is 0.923 bits per heavy atom. The molecule has 5 aromatic rings. The monoisotopic (exact) mass is 724 g/mol. The number of morpholine rings is 1. The number of rotatable bonds is 7. The Labute approximate surface area is 308 Å². The maximum atomic E-state index is 15.0. The Hall–Kier alpha value is -5.30. The van der Waals surface area contributed by atoms with E-state index in [0.717, 1.165) is 37.3 Å². The molecule has 52 heavy (non-hydrogen) atoms. The van der Waals surface area contributed by atoms with E-state index in [4.69, 9.17) is 14.2 Å². The molecule has 0 unspecified atom stereocenters. The fourth-order valence-corrected chi connectivity index (χ4v) is 7.36. The van der Waals surface area contributed by atoms with Crippen molar-refractivity contribution in [1.29, 1.82) is 0 Å². The van der Waals surface area contributed by atoms with E-state index in [1.165, 1.54) is 5.56 Å². The number of nitrogens with zero attached hydrogens (tertiary/aromatic N) is 6. The number of ether oxygens (including phenoxy) is 3. The number of anilines is 2. The van der Waals surface area contributed by atoms with E-state index in [-0.39, 0.29) is 42.8 Å². The fraction of sp³-hybridized carbons (Fsp3) is 0.308. The number of halogens is 1. The van der Waals surface area contributed by atoms with Gasteiger partial charge in [0.2, 0.25) is 6.79 Å². The summed E-state index contributed by atoms with van der Waals surface area (Å²) in [5.41, 5.74) is 6.55. The summed E-state index contributed by atoms with van der Waals surface area (Å²) in [5.74, 6) is 0.772. The van der Waals surface area contributed by atoms with Crippen LogP contribution in [0.25, 0.3) is 11.3 Å². The minimum absolute atomic E-state index is 0. The number of carbonyl (C=O) groups excluding carboxylic acids is 2. The lowest BCUT2D eigenvalue weighted by Gasteiger charge is -2.40. The van der Waals surface area contributed by atoms with Crippen LogP contribution in [-0.2, 0) is 31.8 Å². The average molecular weight is 725 g/mol. The molecule has 8 rings (SSSR count). The van der Waals surface area contributed by atoms with Gasteiger partial charge in [-0.05, 0) is 66.9 Å². The topological polar surface area (TPSA) is 115 Å². The van der Waals surface area contributed by atoms with Gasteiger partial charge in [0.05, 0.1) is 36.2 Å². The van der Waals surface area contributed by atoms with Gasteiger partial charge in [0.1, 0.15) is 5.75 Å². The van der Waals surface area contributed by atoms with Gasteiger partial charge in [-0.2, -0.15) is 5.10 Å². The van der Waals surface area contributed by atoms with Crippen LogP contribution in [0.4, 0.5) is 11.4 Å². The van der Waals surface area contributed by atoms with Gasteiger partial charge in [-0.1, -0.05) is 24.3 Å². The molecule has 12 nitrogen and oxygen atoms in total. The Bertz CT molecular complexity index is 2120. The Balaban J connectivity index is 0.00000420. The van der Waals surface area contributed by atoms with E-state index in [1.807, 2.05) is 41.6 Å². The summed E-state index contributed by atoms with van der Waals surface area (Å²) < 4.78 is 20.8. The second kappa shape index (κ2) is 14.4. The van der Waals surface area contributed by atoms with Crippen molar-refractivity contribution < 1.29 is 28.9 Å². The van der Waals surface area contributed by atoms with Crippen LogP contribution in [0.5, 0.6) is 17.2 Å². The van der Waals surface area contributed by atoms with Crippen LogP contribution in [0.1, 0.15) is 37.5 Å². The molecule has 0 spiro atoms. The smallest absolute Gasteiger partial charge is 0.264 e. The highest BCUT2D eigenvalue weighted by Gasteiger charge is 2.35. The quantitative estimate of drug-likeness (QED) is 0.235. The molecule has 270 valence electrons. The van der Waals surface area contributed by atoms with Crippen LogP contribution < -0.4 is 14.4 Å². The zero-order valence-electron chi connectivity index (χ0n) is 29.3. The van der Waals surface area contributed by atoms with E-state index in [1.54, 1.807) is 59.4 Å². The third kappa shape index (κ3) is 6.49. The third-order valence-electron chi connectivity index (χ3n) is 10.2. The molecule has 13 heteroatoms. The molecule has 3 aliphatic heterocycles. The Morgan fingerprint density at radius 3 is 2.35 bits per heavy atom. The number of benzene rings is 3. The lowest BCUT2D eigenvalue weighted by molar-refractivity contribution is 0.0193. The molecule has 0 bridgehead atoms. The summed E-state index contributed by atoms with van der Waals surface area (Å²) in [6.45, 7) is 6.21. The summed E-state index contributed by atoms with van der Waals surface area (Å²) in [7, 11) is 3.69. The first-order valence-corrected chi connectivity index (χ1v) is 17.2. The van der Waals surface area contributed by atoms with Crippen molar-refractivity contribution >= 4 is 35.6 Å². The predicted octanol–water partition coefficient (Wildman–Crippen LogP) is 5.47. The lowest BCUT2D eigenvalue weighted by Crippen LogP contribution is -2.52. The van der Waals surface area contributed by atoms with Gasteiger partial charge in [-0.15, -0.1) is 12.4 Å². The zero-order chi connectivity index (χ0) is 35.2. The van der Waals surface area contributed by atoms with E-state index < -0.39 is 0 Å². The first-order valence-electron chi connectivity index (χ1n) is 17.2. The normalized spacial score (nSPS) is 16.7. The zero-order valence-corrected chi connectivity index (χ0v) is 30.1. The number of aromatic hydroxyl groups is 1. The Kier molecular flexibility index (Phi) is 9.71. The molecule has 0 radical (unpaired) electrons. The van der Waals surface area contributed by atoms with Gasteiger partial charge in [0, 0.05) is 75.2 Å². The number of amides is 2. The number of phenols is 1. The number of phenolic OH excluding ortho intramolecular Hbond substituents is 1. The van der Waals surface area contributed by atoms with Gasteiger partial charge in [0.15, 0.2) is 11.5 Å². The molecular weight excluding hydrogens is 684 g/mol. The standard InChI is InChI=1S/C39H40N6O6.ClH/c1-25-32(39(48)45(30-20-40-41(2)22-30)28-8-10-31(46)11-9-28)17-35(42(25)3)33-18-36-37(51-24-50-36)19-34(33)38(47)44-21-27-7-5-4-6-26(27)16-29(44)23-43-12-14-49-15-13-43;/h4-11,17-20,22,29,46H,12-16,21,23-24H2,1-3H3;1H/t29-;/m0./s1. The highest BCUT2D eigenvalue weighted by molar-refractivity contribution is 6.12. The molecule has 1 saturated heterocycles. The first kappa shape index (κ1) is 35.1. The minimum atomic E-state index is -0.278. The third-order valence-corrected chi connectivity index (χ3v) is 10.2. The first-order chi connectivity index (χ1) is 24.7. The van der Waals surface area contributed by atoms with E-state index in [0.29, 0.717) is 65.0 Å². The molecule has 1 N–H and O–H groups in total. The lowest BCUT2D eigenvalue weighted by atomic mass is 9.92. The molecule has 1 fully saturated rings. The molecule has 1 atom stereocenters. The van der Waals surface area contributed by atoms with Crippen molar-refractivity contribution in [2.75, 3.05) is 44.5 Å². The van der Waals surface area contributed by atoms with Gasteiger partial charge >= 0.3 is 0 Å². The van der Waals surface area contributed by atoms with Crippen molar-refractivity contribution in [3.63, 3.8) is 0 Å². The summed E-state index contributed by atoms with van der Waals surface area (Å²) >= 11 is 0. The summed E-state index contributed by atoms with van der Waals surface area (Å²) in [5, 5.41) is 14.3. The van der Waals surface area contributed by atoms with Gasteiger partial charge in [0.25, 0.3) is 11.8 Å². The second-order valence-corrected chi connectivity index (χ2v) is 13.3. The summed E-state index contributed by atoms with van der Waals surface area (Å²) in [4.78, 5) is 35.5. The molecule has 0 saturated carbocycles. The van der Waals surface area contributed by atoms with Crippen molar-refractivity contribution in [2.45, 2.75) is 25.9 Å². The van der Waals surface area contributed by atoms with Crippen molar-refractivity contribution in [2.24, 2.45) is 14.1 Å². The average Bonchev–Trinajstić information content (AvgIpc) is 3.87. The van der Waals surface area contributed by atoms with E-state index in [2.05, 4.69) is 28.2 Å². The highest BCUT2D eigenvalue weighted by Crippen LogP contribution is 2.41. The summed E-state index contributed by atoms with van der Waals surface area (Å²) in [6.07, 6.45) is 4.15. The SMILES string of the molecule is Cc1c(C(=O)N(c2ccc(O)cc2)c2cnn(C)c2)cc(-c2cc3c(cc2C(=O)N2Cc4ccccc4C[C@H]2CN2CCOCC2)OCO3)n1C.Cl. The second-order valence-electron chi connectivity index (χ2n) is 13.3. The van der Waals surface area contributed by atoms with Crippen LogP contribution in [-0.4, -0.2) is 86.8 Å². The molecule has 3 aromatic carbocycles. The minimum Gasteiger partial charge on any atom is -0.508 e. The van der Waals surface area contributed by atoms with Crippen LogP contribution in [0.15, 0.2) is 79.1 Å². The summed E-state index contributed by atoms with van der Waals surface area (Å²) in [6, 6.07) is 20.3. The van der Waals surface area contributed by atoms with Crippen LogP contribution in [0.2, 0.25) is 0 Å². The molecule has 5 heterocycles. The number of fused-ring (bicyclic) bond motifs is 2. The van der Waals surface area contributed by atoms with E-state index in [9.17, 15) is 14.7 Å². The Morgan fingerprint density at radius 2 is 1.63 bits per heavy atom. The van der Waals surface area contributed by atoms with Gasteiger partial charge in [-0.3, -0.25) is 24.1 Å². The van der Waals surface area contributed by atoms with Gasteiger partial charge in [-0.25, -0.2) is 0 Å². The number of hydrogen-bond donors (Lipinski definition) is 1. The van der Waals surface area contributed by atoms with Gasteiger partial charge < -0.3 is 28.8 Å². The van der Waals surface area contributed by atoms with Crippen molar-refractivity contribution in [3.05, 3.63) is 107 Å². The van der Waals surface area contributed by atoms with Crippen molar-refractivity contribution in [3.8, 4) is 28.5 Å². The van der Waals surface area contributed by atoms with Crippen LogP contribution in [0.3, 0.4) is 0 Å². The van der Waals surface area contributed by atoms with Crippen molar-refractivity contribution in [1.82, 2.24) is 24.1 Å². The molecule has 2 amide bonds. The number of carbonyl (C=O) groups is 2. The van der Waals surface area contributed by atoms with Crippen LogP contribution in [0, 0.1) is 6.92 Å². The maximum Gasteiger partial charge on any atom is 0.264 e.